The Morgan fingerprint density at radius 3 is 2.64 bits per heavy atom. The number of carbonyl (C=O) groups is 3. The van der Waals surface area contributed by atoms with Gasteiger partial charge in [0.25, 0.3) is 11.8 Å². The topological polar surface area (TPSA) is 129 Å². The van der Waals surface area contributed by atoms with Crippen molar-refractivity contribution in [1.29, 1.82) is 0 Å². The van der Waals surface area contributed by atoms with Crippen LogP contribution in [0.4, 0.5) is 10.3 Å². The van der Waals surface area contributed by atoms with Gasteiger partial charge >= 0.3 is 0 Å². The van der Waals surface area contributed by atoms with Gasteiger partial charge in [-0.15, -0.1) is 11.3 Å². The number of hydrogen-bond acceptors (Lipinski definition) is 8. The second kappa shape index (κ2) is 11.1. The molecular formula is C27H26FN7O3S. The summed E-state index contributed by atoms with van der Waals surface area (Å²) in [5.41, 5.74) is 2.00. The number of halogens is 1. The number of pyridine rings is 1. The van der Waals surface area contributed by atoms with Crippen LogP contribution in [0.15, 0.2) is 54.9 Å². The number of nitrogens with one attached hydrogen (secondary N) is 3. The molecule has 1 aliphatic heterocycles. The predicted octanol–water partition coefficient (Wildman–Crippen LogP) is 3.08. The van der Waals surface area contributed by atoms with Crippen molar-refractivity contribution in [2.75, 3.05) is 25.0 Å². The number of amides is 3. The van der Waals surface area contributed by atoms with Gasteiger partial charge in [0.05, 0.1) is 35.0 Å². The maximum atomic E-state index is 13.6. The summed E-state index contributed by atoms with van der Waals surface area (Å²) in [5, 5.41) is 8.57. The number of likely N-dealkylation sites (tertiary alicyclic amines) is 1. The fourth-order valence-electron chi connectivity index (χ4n) is 4.22. The molecule has 1 aromatic carbocycles. The lowest BCUT2D eigenvalue weighted by Gasteiger charge is -2.39. The Balaban J connectivity index is 1.21. The van der Waals surface area contributed by atoms with Crippen LogP contribution in [0.3, 0.4) is 0 Å². The Hall–Kier alpha value is -4.45. The molecule has 4 aromatic rings. The molecule has 0 unspecified atom stereocenters. The minimum Gasteiger partial charge on any atom is -0.348 e. The summed E-state index contributed by atoms with van der Waals surface area (Å²) in [7, 11) is 0. The van der Waals surface area contributed by atoms with Gasteiger partial charge in [0.2, 0.25) is 11.9 Å². The molecule has 10 nitrogen and oxygen atoms in total. The van der Waals surface area contributed by atoms with Gasteiger partial charge in [0.1, 0.15) is 5.82 Å². The first kappa shape index (κ1) is 26.2. The standard InChI is InChI=1S/C27H26FN7O3S/c1-15-8-21-24(39-15)23(34-27(33-21)31-16(2)18-9-19(28)11-29-10-18)26(38)35-13-20(14-35)32-22(36)12-30-25(37)17-6-4-3-5-7-17/h3-11,16,20H,12-14H2,1-2H3,(H,30,37)(H,32,36)(H,31,33,34)/t16-/m0/s1. The van der Waals surface area contributed by atoms with Crippen LogP contribution in [0.1, 0.15) is 44.3 Å². The van der Waals surface area contributed by atoms with E-state index in [0.717, 1.165) is 11.1 Å². The van der Waals surface area contributed by atoms with Crippen molar-refractivity contribution in [3.05, 3.63) is 82.4 Å². The van der Waals surface area contributed by atoms with Gasteiger partial charge in [-0.05, 0) is 43.7 Å². The quantitative estimate of drug-likeness (QED) is 0.309. The van der Waals surface area contributed by atoms with E-state index in [1.165, 1.54) is 17.4 Å². The van der Waals surface area contributed by atoms with Crippen LogP contribution in [0, 0.1) is 12.7 Å². The normalized spacial score (nSPS) is 14.0. The van der Waals surface area contributed by atoms with Crippen molar-refractivity contribution in [1.82, 2.24) is 30.5 Å². The molecule has 4 heterocycles. The summed E-state index contributed by atoms with van der Waals surface area (Å²) in [6, 6.07) is 11.3. The predicted molar refractivity (Wildman–Crippen MR) is 145 cm³/mol. The third kappa shape index (κ3) is 6.01. The van der Waals surface area contributed by atoms with Crippen LogP contribution in [0.5, 0.6) is 0 Å². The molecule has 0 saturated carbocycles. The molecule has 1 saturated heterocycles. The Labute approximate surface area is 227 Å². The number of thiophene rings is 1. The van der Waals surface area contributed by atoms with E-state index in [9.17, 15) is 18.8 Å². The molecule has 0 spiro atoms. The molecule has 0 radical (unpaired) electrons. The average Bonchev–Trinajstić information content (AvgIpc) is 3.28. The SMILES string of the molecule is Cc1cc2nc(N[C@@H](C)c3cncc(F)c3)nc(C(=O)N3CC(NC(=O)CNC(=O)c4ccccc4)C3)c2s1. The number of hydrogen-bond donors (Lipinski definition) is 3. The van der Waals surface area contributed by atoms with E-state index >= 15 is 0 Å². The van der Waals surface area contributed by atoms with Crippen LogP contribution in [-0.2, 0) is 4.79 Å². The molecule has 39 heavy (non-hydrogen) atoms. The Bertz CT molecular complexity index is 1540. The minimum atomic E-state index is -0.445. The summed E-state index contributed by atoms with van der Waals surface area (Å²) in [6.45, 7) is 4.24. The summed E-state index contributed by atoms with van der Waals surface area (Å²) < 4.78 is 14.3. The number of nitrogens with zero attached hydrogens (tertiary/aromatic N) is 4. The summed E-state index contributed by atoms with van der Waals surface area (Å²) in [5.74, 6) is -1.13. The lowest BCUT2D eigenvalue weighted by Crippen LogP contribution is -2.62. The van der Waals surface area contributed by atoms with E-state index in [1.807, 2.05) is 26.0 Å². The van der Waals surface area contributed by atoms with E-state index in [2.05, 4.69) is 30.9 Å². The molecular weight excluding hydrogens is 521 g/mol. The van der Waals surface area contributed by atoms with Crippen molar-refractivity contribution in [2.24, 2.45) is 0 Å². The lowest BCUT2D eigenvalue weighted by molar-refractivity contribution is -0.121. The summed E-state index contributed by atoms with van der Waals surface area (Å²) >= 11 is 1.43. The molecule has 1 fully saturated rings. The number of anilines is 1. The fourth-order valence-corrected chi connectivity index (χ4v) is 5.15. The van der Waals surface area contributed by atoms with Gasteiger partial charge in [-0.3, -0.25) is 19.4 Å². The monoisotopic (exact) mass is 547 g/mol. The molecule has 3 aromatic heterocycles. The van der Waals surface area contributed by atoms with Gasteiger partial charge < -0.3 is 20.9 Å². The lowest BCUT2D eigenvalue weighted by atomic mass is 10.1. The molecule has 0 bridgehead atoms. The van der Waals surface area contributed by atoms with Gasteiger partial charge in [-0.1, -0.05) is 18.2 Å². The molecule has 1 aliphatic rings. The third-order valence-corrected chi connectivity index (χ3v) is 7.29. The van der Waals surface area contributed by atoms with Crippen LogP contribution in [0.25, 0.3) is 10.2 Å². The number of fused-ring (bicyclic) bond motifs is 1. The van der Waals surface area contributed by atoms with Gasteiger partial charge in [0, 0.05) is 29.7 Å². The van der Waals surface area contributed by atoms with E-state index < -0.39 is 5.82 Å². The van der Waals surface area contributed by atoms with E-state index in [-0.39, 0.29) is 48.0 Å². The number of aryl methyl sites for hydroxylation is 1. The van der Waals surface area contributed by atoms with Gasteiger partial charge in [-0.25, -0.2) is 14.4 Å². The first-order valence-electron chi connectivity index (χ1n) is 12.3. The Morgan fingerprint density at radius 2 is 1.90 bits per heavy atom. The van der Waals surface area contributed by atoms with Crippen LogP contribution in [-0.4, -0.2) is 63.2 Å². The van der Waals surface area contributed by atoms with E-state index in [0.29, 0.717) is 34.4 Å². The molecule has 5 rings (SSSR count). The van der Waals surface area contributed by atoms with E-state index in [1.54, 1.807) is 35.4 Å². The summed E-state index contributed by atoms with van der Waals surface area (Å²) in [4.78, 5) is 53.4. The number of rotatable bonds is 8. The molecule has 3 N–H and O–H groups in total. The first-order chi connectivity index (χ1) is 18.8. The highest BCUT2D eigenvalue weighted by Gasteiger charge is 2.34. The molecule has 12 heteroatoms. The van der Waals surface area contributed by atoms with Crippen LogP contribution < -0.4 is 16.0 Å². The summed E-state index contributed by atoms with van der Waals surface area (Å²) in [6.07, 6.45) is 2.69. The van der Waals surface area contributed by atoms with Crippen molar-refractivity contribution in [2.45, 2.75) is 25.9 Å². The number of aromatic nitrogens is 3. The largest absolute Gasteiger partial charge is 0.348 e. The zero-order chi connectivity index (χ0) is 27.5. The highest BCUT2D eigenvalue weighted by atomic mass is 32.1. The zero-order valence-electron chi connectivity index (χ0n) is 21.3. The van der Waals surface area contributed by atoms with Crippen molar-refractivity contribution in [3.63, 3.8) is 0 Å². The third-order valence-electron chi connectivity index (χ3n) is 6.25. The van der Waals surface area contributed by atoms with Gasteiger partial charge in [0.15, 0.2) is 5.69 Å². The molecule has 1 atom stereocenters. The Kier molecular flexibility index (Phi) is 7.46. The maximum absolute atomic E-state index is 13.6. The van der Waals surface area contributed by atoms with Crippen LogP contribution in [0.2, 0.25) is 0 Å². The van der Waals surface area contributed by atoms with Crippen molar-refractivity contribution >= 4 is 45.2 Å². The average molecular weight is 548 g/mol. The minimum absolute atomic E-state index is 0.159. The first-order valence-corrected chi connectivity index (χ1v) is 13.2. The second-order valence-electron chi connectivity index (χ2n) is 9.29. The second-order valence-corrected chi connectivity index (χ2v) is 10.5. The van der Waals surface area contributed by atoms with Crippen molar-refractivity contribution in [3.8, 4) is 0 Å². The Morgan fingerprint density at radius 1 is 1.13 bits per heavy atom. The number of benzene rings is 1. The highest BCUT2D eigenvalue weighted by molar-refractivity contribution is 7.19. The smallest absolute Gasteiger partial charge is 0.274 e. The van der Waals surface area contributed by atoms with E-state index in [4.69, 9.17) is 0 Å². The highest BCUT2D eigenvalue weighted by Crippen LogP contribution is 2.30. The molecule has 0 aliphatic carbocycles. The molecule has 3 amide bonds. The van der Waals surface area contributed by atoms with Gasteiger partial charge in [-0.2, -0.15) is 0 Å². The van der Waals surface area contributed by atoms with Crippen molar-refractivity contribution < 1.29 is 18.8 Å². The fraction of sp³-hybridized carbons (Fsp3) is 0.259. The molecule has 200 valence electrons. The van der Waals surface area contributed by atoms with Crippen LogP contribution >= 0.6 is 11.3 Å². The maximum Gasteiger partial charge on any atom is 0.274 e. The number of carbonyl (C=O) groups excluding carboxylic acids is 3. The zero-order valence-corrected chi connectivity index (χ0v) is 22.1.